The van der Waals surface area contributed by atoms with Gasteiger partial charge in [-0.15, -0.1) is 14.1 Å². The molecule has 0 radical (unpaired) electrons. The Labute approximate surface area is 200 Å². The maximum atomic E-state index is 4.79. The van der Waals surface area contributed by atoms with Crippen LogP contribution < -0.4 is 19.6 Å². The Hall–Kier alpha value is -1.21. The van der Waals surface area contributed by atoms with E-state index in [9.17, 15) is 0 Å². The van der Waals surface area contributed by atoms with Crippen molar-refractivity contribution in [1.29, 1.82) is 0 Å². The molecule has 178 valence electrons. The maximum Gasteiger partial charge on any atom is 0.115 e. The Morgan fingerprint density at radius 3 is 1.06 bits per heavy atom. The molecule has 0 saturated carbocycles. The molecule has 0 spiro atoms. The molecule has 2 rings (SSSR count). The Kier molecular flexibility index (Phi) is 8.76. The molecular formula is C29H47N2P. The number of rotatable bonds is 9. The summed E-state index contributed by atoms with van der Waals surface area (Å²) >= 11 is 0. The van der Waals surface area contributed by atoms with Gasteiger partial charge in [-0.25, -0.2) is 0 Å². The van der Waals surface area contributed by atoms with Gasteiger partial charge < -0.3 is 8.97 Å². The third-order valence-corrected chi connectivity index (χ3v) is 10.2. The Morgan fingerprint density at radius 2 is 0.812 bits per heavy atom. The predicted octanol–water partition coefficient (Wildman–Crippen LogP) is 7.36. The highest BCUT2D eigenvalue weighted by molar-refractivity contribution is 7.74. The van der Waals surface area contributed by atoms with E-state index in [-0.39, 0.29) is 0 Å². The summed E-state index contributed by atoms with van der Waals surface area (Å²) in [5, 5.41) is 2.92. The highest BCUT2D eigenvalue weighted by Crippen LogP contribution is 2.47. The van der Waals surface area contributed by atoms with E-state index >= 15 is 0 Å². The molecule has 0 unspecified atom stereocenters. The summed E-state index contributed by atoms with van der Waals surface area (Å²) in [6.07, 6.45) is 0. The molecule has 2 aromatic carbocycles. The number of nitrogens with zero attached hydrogens (tertiary/aromatic N) is 2. The first-order valence-corrected chi connectivity index (χ1v) is 13.7. The van der Waals surface area contributed by atoms with Crippen LogP contribution in [0, 0.1) is 14.1 Å². The van der Waals surface area contributed by atoms with Gasteiger partial charge in [0.15, 0.2) is 0 Å². The average Bonchev–Trinajstić information content (AvgIpc) is 2.72. The molecule has 0 N–H and O–H groups in total. The number of benzene rings is 2. The summed E-state index contributed by atoms with van der Waals surface area (Å²) in [6.45, 7) is 23.1. The van der Waals surface area contributed by atoms with Crippen LogP contribution in [-0.2, 0) is 0 Å². The van der Waals surface area contributed by atoms with Crippen molar-refractivity contribution < 1.29 is 0 Å². The molecule has 32 heavy (non-hydrogen) atoms. The van der Waals surface area contributed by atoms with E-state index < -0.39 is 7.92 Å². The summed E-state index contributed by atoms with van der Waals surface area (Å²) in [5.74, 6) is 0. The highest BCUT2D eigenvalue weighted by Gasteiger charge is 2.36. The van der Waals surface area contributed by atoms with Gasteiger partial charge in [-0.2, -0.15) is 0 Å². The first-order chi connectivity index (χ1) is 14.8. The second-order valence-corrected chi connectivity index (χ2v) is 13.4. The number of hydrogen-bond acceptors (Lipinski definition) is 0. The summed E-state index contributed by atoms with van der Waals surface area (Å²) < 4.78 is 1.39. The smallest absolute Gasteiger partial charge is 0.115 e. The van der Waals surface area contributed by atoms with Gasteiger partial charge in [0.2, 0.25) is 0 Å². The molecule has 2 aromatic rings. The summed E-state index contributed by atoms with van der Waals surface area (Å²) in [7, 11) is 9.00. The maximum absolute atomic E-state index is 4.79. The lowest BCUT2D eigenvalue weighted by Crippen LogP contribution is -2.56. The molecular weight excluding hydrogens is 407 g/mol. The Morgan fingerprint density at radius 1 is 0.531 bits per heavy atom. The zero-order valence-electron chi connectivity index (χ0n) is 22.3. The van der Waals surface area contributed by atoms with Gasteiger partial charge in [0.1, 0.15) is 11.4 Å². The Balaban J connectivity index is 2.87. The standard InChI is InChI=1S/C29H47N2P/c1-21(2)30(11,22(3)4)26-17-13-15-19-28(26)32(25(9)10)29-20-16-14-18-27(29)31(12,23(5)6)24(7)8/h13-25H,11-12H2,1-10H3. The van der Waals surface area contributed by atoms with Gasteiger partial charge in [-0.3, -0.25) is 0 Å². The zero-order valence-corrected chi connectivity index (χ0v) is 23.2. The first-order valence-electron chi connectivity index (χ1n) is 12.2. The Bertz CT molecular complexity index is 797. The molecule has 0 saturated heterocycles. The van der Waals surface area contributed by atoms with E-state index in [1.165, 1.54) is 22.0 Å². The molecule has 3 heteroatoms. The lowest BCUT2D eigenvalue weighted by Gasteiger charge is -2.52. The van der Waals surface area contributed by atoms with E-state index in [0.717, 1.165) is 0 Å². The average molecular weight is 455 g/mol. The van der Waals surface area contributed by atoms with Gasteiger partial charge in [-0.1, -0.05) is 38.1 Å². The predicted molar refractivity (Wildman–Crippen MR) is 149 cm³/mol. The first kappa shape index (κ1) is 27.0. The van der Waals surface area contributed by atoms with Crippen LogP contribution in [0.1, 0.15) is 69.2 Å². The van der Waals surface area contributed by atoms with Crippen molar-refractivity contribution in [1.82, 2.24) is 8.97 Å². The molecule has 0 aliphatic heterocycles. The van der Waals surface area contributed by atoms with Crippen LogP contribution in [0.3, 0.4) is 0 Å². The fourth-order valence-corrected chi connectivity index (χ4v) is 7.91. The van der Waals surface area contributed by atoms with Crippen molar-refractivity contribution in [2.45, 2.75) is 99.1 Å². The topological polar surface area (TPSA) is 0 Å². The molecule has 2 nitrogen and oxygen atoms in total. The van der Waals surface area contributed by atoms with Crippen LogP contribution in [0.5, 0.6) is 0 Å². The minimum absolute atomic E-state index is 0.393. The van der Waals surface area contributed by atoms with Crippen LogP contribution in [0.2, 0.25) is 0 Å². The van der Waals surface area contributed by atoms with Crippen LogP contribution in [0.15, 0.2) is 48.5 Å². The molecule has 0 aliphatic carbocycles. The molecule has 0 amide bonds. The highest BCUT2D eigenvalue weighted by atomic mass is 31.1. The SMILES string of the molecule is [CH2-][N+](c1ccccc1P(c1ccccc1[N+]([CH2-])(C(C)C)C(C)C)C(C)C)(C(C)C)C(C)C. The monoisotopic (exact) mass is 454 g/mol. The second kappa shape index (κ2) is 10.4. The van der Waals surface area contributed by atoms with E-state index in [0.29, 0.717) is 38.8 Å². The number of hydrogen-bond donors (Lipinski definition) is 0. The second-order valence-electron chi connectivity index (χ2n) is 10.7. The van der Waals surface area contributed by atoms with Gasteiger partial charge in [0, 0.05) is 10.6 Å². The third-order valence-electron chi connectivity index (χ3n) is 7.38. The van der Waals surface area contributed by atoms with Crippen molar-refractivity contribution >= 4 is 29.9 Å². The minimum Gasteiger partial charge on any atom is -0.419 e. The van der Waals surface area contributed by atoms with Gasteiger partial charge in [-0.05, 0) is 93.2 Å². The van der Waals surface area contributed by atoms with Crippen molar-refractivity contribution in [3.05, 3.63) is 62.6 Å². The third kappa shape index (κ3) is 4.70. The normalized spacial score (nSPS) is 13.4. The largest absolute Gasteiger partial charge is 0.419 e. The van der Waals surface area contributed by atoms with E-state index in [2.05, 4.69) is 118 Å². The van der Waals surface area contributed by atoms with Crippen molar-refractivity contribution in [2.75, 3.05) is 0 Å². The minimum atomic E-state index is -0.590. The zero-order chi connectivity index (χ0) is 24.4. The molecule has 0 aliphatic rings. The summed E-state index contributed by atoms with van der Waals surface area (Å²) in [4.78, 5) is 0. The van der Waals surface area contributed by atoms with Gasteiger partial charge in [0.05, 0.1) is 24.2 Å². The van der Waals surface area contributed by atoms with Crippen LogP contribution in [0.25, 0.3) is 0 Å². The molecule has 0 aromatic heterocycles. The van der Waals surface area contributed by atoms with Gasteiger partial charge >= 0.3 is 0 Å². The van der Waals surface area contributed by atoms with Crippen molar-refractivity contribution in [3.8, 4) is 0 Å². The van der Waals surface area contributed by atoms with Crippen molar-refractivity contribution in [3.63, 3.8) is 0 Å². The van der Waals surface area contributed by atoms with Crippen LogP contribution in [-0.4, -0.2) is 29.8 Å². The molecule has 0 fully saturated rings. The van der Waals surface area contributed by atoms with E-state index in [1.54, 1.807) is 0 Å². The lowest BCUT2D eigenvalue weighted by molar-refractivity contribution is 0.251. The molecule has 0 heterocycles. The van der Waals surface area contributed by atoms with Crippen molar-refractivity contribution in [2.24, 2.45) is 0 Å². The number of para-hydroxylation sites is 2. The lowest BCUT2D eigenvalue weighted by atomic mass is 10.1. The van der Waals surface area contributed by atoms with Crippen LogP contribution >= 0.6 is 7.92 Å². The molecule has 0 bridgehead atoms. The van der Waals surface area contributed by atoms with E-state index in [1.807, 2.05) is 0 Å². The van der Waals surface area contributed by atoms with Crippen LogP contribution in [0.4, 0.5) is 11.4 Å². The summed E-state index contributed by atoms with van der Waals surface area (Å²) in [6, 6.07) is 19.7. The summed E-state index contributed by atoms with van der Waals surface area (Å²) in [5.41, 5.74) is 3.24. The molecule has 0 atom stereocenters. The fourth-order valence-electron chi connectivity index (χ4n) is 5.03. The number of quaternary nitrogens is 2. The fraction of sp³-hybridized carbons (Fsp3) is 0.517. The van der Waals surface area contributed by atoms with E-state index in [4.69, 9.17) is 14.1 Å². The quantitative estimate of drug-likeness (QED) is 0.211. The van der Waals surface area contributed by atoms with Gasteiger partial charge in [0.25, 0.3) is 0 Å².